The average molecular weight is 469 g/mol. The first-order chi connectivity index (χ1) is 16.1. The molecule has 182 valence electrons. The number of phenolic OH excluding ortho intramolecular Hbond substituents is 1. The van der Waals surface area contributed by atoms with E-state index in [9.17, 15) is 19.5 Å². The maximum atomic E-state index is 13.5. The number of ether oxygens (including phenoxy) is 2. The number of esters is 1. The minimum absolute atomic E-state index is 0.104. The maximum Gasteiger partial charge on any atom is 0.408 e. The second-order valence-electron chi connectivity index (χ2n) is 9.35. The molecule has 0 spiro atoms. The van der Waals surface area contributed by atoms with Crippen molar-refractivity contribution >= 4 is 18.0 Å². The molecule has 2 amide bonds. The summed E-state index contributed by atoms with van der Waals surface area (Å²) in [6, 6.07) is 14.1. The molecule has 2 N–H and O–H groups in total. The molecule has 1 fully saturated rings. The van der Waals surface area contributed by atoms with Crippen molar-refractivity contribution in [2.75, 3.05) is 6.54 Å². The van der Waals surface area contributed by atoms with Crippen LogP contribution in [0.15, 0.2) is 54.6 Å². The van der Waals surface area contributed by atoms with Gasteiger partial charge in [-0.3, -0.25) is 4.79 Å². The number of benzene rings is 2. The van der Waals surface area contributed by atoms with Crippen LogP contribution in [0.5, 0.6) is 5.75 Å². The van der Waals surface area contributed by atoms with Crippen molar-refractivity contribution in [2.45, 2.75) is 64.3 Å². The summed E-state index contributed by atoms with van der Waals surface area (Å²) in [5.41, 5.74) is 0.881. The van der Waals surface area contributed by atoms with Gasteiger partial charge in [0.15, 0.2) is 0 Å². The normalized spacial score (nSPS) is 16.6. The molecular formula is C26H32N2O6. The maximum absolute atomic E-state index is 13.5. The lowest BCUT2D eigenvalue weighted by molar-refractivity contribution is -0.155. The van der Waals surface area contributed by atoms with E-state index in [0.29, 0.717) is 19.4 Å². The van der Waals surface area contributed by atoms with E-state index in [-0.39, 0.29) is 24.7 Å². The van der Waals surface area contributed by atoms with Crippen LogP contribution >= 0.6 is 0 Å². The first kappa shape index (κ1) is 25.1. The molecule has 1 aliphatic heterocycles. The lowest BCUT2D eigenvalue weighted by Gasteiger charge is -2.29. The molecule has 2 atom stereocenters. The third kappa shape index (κ3) is 7.23. The van der Waals surface area contributed by atoms with E-state index < -0.39 is 29.7 Å². The van der Waals surface area contributed by atoms with Crippen LogP contribution in [0.25, 0.3) is 0 Å². The van der Waals surface area contributed by atoms with Crippen LogP contribution in [0.2, 0.25) is 0 Å². The van der Waals surface area contributed by atoms with E-state index in [2.05, 4.69) is 5.32 Å². The molecule has 0 aromatic heterocycles. The quantitative estimate of drug-likeness (QED) is 0.602. The fourth-order valence-electron chi connectivity index (χ4n) is 3.82. The SMILES string of the molecule is CC(C)(C)OC(=O)N[C@@H](Cc1ccc(O)cc1)C(=O)N1CCC[C@H]1C(=O)OCc1ccccc1. The number of likely N-dealkylation sites (tertiary alicyclic amines) is 1. The summed E-state index contributed by atoms with van der Waals surface area (Å²) in [6.07, 6.45) is 0.625. The Hall–Kier alpha value is -3.55. The van der Waals surface area contributed by atoms with Crippen molar-refractivity contribution in [3.63, 3.8) is 0 Å². The van der Waals surface area contributed by atoms with Crippen molar-refractivity contribution in [1.82, 2.24) is 10.2 Å². The Balaban J connectivity index is 1.72. The second kappa shape index (κ2) is 11.0. The molecular weight excluding hydrogens is 436 g/mol. The van der Waals surface area contributed by atoms with Gasteiger partial charge in [0.05, 0.1) is 0 Å². The number of hydrogen-bond donors (Lipinski definition) is 2. The zero-order valence-electron chi connectivity index (χ0n) is 19.8. The molecule has 8 heteroatoms. The Morgan fingerprint density at radius 3 is 2.38 bits per heavy atom. The lowest BCUT2D eigenvalue weighted by Crippen LogP contribution is -2.53. The second-order valence-corrected chi connectivity index (χ2v) is 9.35. The van der Waals surface area contributed by atoms with Gasteiger partial charge in [-0.05, 0) is 56.9 Å². The Labute approximate surface area is 199 Å². The number of alkyl carbamates (subject to hydrolysis) is 1. The van der Waals surface area contributed by atoms with Gasteiger partial charge in [-0.1, -0.05) is 42.5 Å². The van der Waals surface area contributed by atoms with Gasteiger partial charge in [0.2, 0.25) is 5.91 Å². The number of phenols is 1. The van der Waals surface area contributed by atoms with E-state index in [1.807, 2.05) is 30.3 Å². The molecule has 8 nitrogen and oxygen atoms in total. The van der Waals surface area contributed by atoms with Gasteiger partial charge in [-0.25, -0.2) is 9.59 Å². The number of nitrogens with one attached hydrogen (secondary N) is 1. The van der Waals surface area contributed by atoms with E-state index in [0.717, 1.165) is 11.1 Å². The zero-order chi connectivity index (χ0) is 24.7. The summed E-state index contributed by atoms with van der Waals surface area (Å²) in [7, 11) is 0. The summed E-state index contributed by atoms with van der Waals surface area (Å²) >= 11 is 0. The van der Waals surface area contributed by atoms with Crippen LogP contribution in [0.4, 0.5) is 4.79 Å². The molecule has 1 aliphatic rings. The van der Waals surface area contributed by atoms with Gasteiger partial charge in [-0.15, -0.1) is 0 Å². The topological polar surface area (TPSA) is 105 Å². The van der Waals surface area contributed by atoms with E-state index in [1.54, 1.807) is 32.9 Å². The third-order valence-corrected chi connectivity index (χ3v) is 5.40. The fourth-order valence-corrected chi connectivity index (χ4v) is 3.82. The number of aromatic hydroxyl groups is 1. The zero-order valence-corrected chi connectivity index (χ0v) is 19.8. The minimum atomic E-state index is -0.943. The third-order valence-electron chi connectivity index (χ3n) is 5.40. The van der Waals surface area contributed by atoms with Crippen molar-refractivity contribution in [3.05, 3.63) is 65.7 Å². The number of carbonyl (C=O) groups is 3. The molecule has 1 heterocycles. The highest BCUT2D eigenvalue weighted by Crippen LogP contribution is 2.22. The summed E-state index contributed by atoms with van der Waals surface area (Å²) in [6.45, 7) is 5.74. The van der Waals surface area contributed by atoms with Crippen LogP contribution in [0.1, 0.15) is 44.7 Å². The molecule has 0 radical (unpaired) electrons. The van der Waals surface area contributed by atoms with Crippen LogP contribution < -0.4 is 5.32 Å². The van der Waals surface area contributed by atoms with Crippen LogP contribution in [-0.2, 0) is 32.1 Å². The molecule has 0 unspecified atom stereocenters. The molecule has 2 aromatic rings. The smallest absolute Gasteiger partial charge is 0.408 e. The van der Waals surface area contributed by atoms with Crippen molar-refractivity contribution in [1.29, 1.82) is 0 Å². The van der Waals surface area contributed by atoms with Gasteiger partial charge in [0.25, 0.3) is 0 Å². The number of nitrogens with zero attached hydrogens (tertiary/aromatic N) is 1. The first-order valence-electron chi connectivity index (χ1n) is 11.4. The largest absolute Gasteiger partial charge is 0.508 e. The van der Waals surface area contributed by atoms with Gasteiger partial charge >= 0.3 is 12.1 Å². The van der Waals surface area contributed by atoms with Gasteiger partial charge < -0.3 is 24.8 Å². The minimum Gasteiger partial charge on any atom is -0.508 e. The Morgan fingerprint density at radius 1 is 1.06 bits per heavy atom. The average Bonchev–Trinajstić information content (AvgIpc) is 3.27. The van der Waals surface area contributed by atoms with Crippen LogP contribution in [0.3, 0.4) is 0 Å². The van der Waals surface area contributed by atoms with E-state index in [1.165, 1.54) is 17.0 Å². The van der Waals surface area contributed by atoms with Gasteiger partial charge in [-0.2, -0.15) is 0 Å². The molecule has 0 aliphatic carbocycles. The monoisotopic (exact) mass is 468 g/mol. The van der Waals surface area contributed by atoms with Crippen molar-refractivity contribution < 1.29 is 29.0 Å². The summed E-state index contributed by atoms with van der Waals surface area (Å²) < 4.78 is 10.8. The molecule has 2 aromatic carbocycles. The summed E-state index contributed by atoms with van der Waals surface area (Å²) in [5, 5.41) is 12.2. The fraction of sp³-hybridized carbons (Fsp3) is 0.423. The highest BCUT2D eigenvalue weighted by molar-refractivity contribution is 5.90. The predicted octanol–water partition coefficient (Wildman–Crippen LogP) is 3.56. The molecule has 34 heavy (non-hydrogen) atoms. The molecule has 0 bridgehead atoms. The van der Waals surface area contributed by atoms with Gasteiger partial charge in [0.1, 0.15) is 30.0 Å². The molecule has 1 saturated heterocycles. The highest BCUT2D eigenvalue weighted by atomic mass is 16.6. The summed E-state index contributed by atoms with van der Waals surface area (Å²) in [4.78, 5) is 40.3. The highest BCUT2D eigenvalue weighted by Gasteiger charge is 2.39. The number of amides is 2. The lowest BCUT2D eigenvalue weighted by atomic mass is 10.0. The van der Waals surface area contributed by atoms with Crippen LogP contribution in [-0.4, -0.2) is 52.2 Å². The molecule has 0 saturated carbocycles. The summed E-state index contributed by atoms with van der Waals surface area (Å²) in [5.74, 6) is -0.735. The Morgan fingerprint density at radius 2 is 1.74 bits per heavy atom. The van der Waals surface area contributed by atoms with E-state index >= 15 is 0 Å². The number of carbonyl (C=O) groups excluding carboxylic acids is 3. The van der Waals surface area contributed by atoms with Crippen molar-refractivity contribution in [2.24, 2.45) is 0 Å². The number of rotatable bonds is 7. The Bertz CT molecular complexity index is 985. The van der Waals surface area contributed by atoms with Gasteiger partial charge in [0, 0.05) is 13.0 Å². The first-order valence-corrected chi connectivity index (χ1v) is 11.4. The van der Waals surface area contributed by atoms with E-state index in [4.69, 9.17) is 9.47 Å². The molecule has 3 rings (SSSR count). The van der Waals surface area contributed by atoms with Crippen LogP contribution in [0, 0.1) is 0 Å². The number of hydrogen-bond acceptors (Lipinski definition) is 6. The van der Waals surface area contributed by atoms with Crippen molar-refractivity contribution in [3.8, 4) is 5.75 Å². The predicted molar refractivity (Wildman–Crippen MR) is 126 cm³/mol. The Kier molecular flexibility index (Phi) is 8.15. The standard InChI is InChI=1S/C26H32N2O6/c1-26(2,3)34-25(32)27-21(16-18-11-13-20(29)14-12-18)23(30)28-15-7-10-22(28)24(31)33-17-19-8-5-4-6-9-19/h4-6,8-9,11-14,21-22,29H,7,10,15-17H2,1-3H3,(H,27,32)/t21-,22-/m0/s1.